The highest BCUT2D eigenvalue weighted by Gasteiger charge is 2.11. The second-order valence-electron chi connectivity index (χ2n) is 2.60. The van der Waals surface area contributed by atoms with Crippen molar-refractivity contribution in [3.63, 3.8) is 0 Å². The van der Waals surface area contributed by atoms with E-state index in [-0.39, 0.29) is 12.5 Å². The van der Waals surface area contributed by atoms with Crippen LogP contribution in [0.3, 0.4) is 0 Å². The maximum atomic E-state index is 10.5. The summed E-state index contributed by atoms with van der Waals surface area (Å²) in [6.07, 6.45) is 0.160. The van der Waals surface area contributed by atoms with Gasteiger partial charge in [-0.3, -0.25) is 4.79 Å². The molecule has 5 heteroatoms. The predicted molar refractivity (Wildman–Crippen MR) is 47.6 cm³/mol. The van der Waals surface area contributed by atoms with Crippen LogP contribution in [-0.4, -0.2) is 10.9 Å². The molecule has 1 atom stereocenters. The molecule has 1 rings (SSSR count). The van der Waals surface area contributed by atoms with Gasteiger partial charge in [0.25, 0.3) is 0 Å². The summed E-state index contributed by atoms with van der Waals surface area (Å²) in [4.78, 5) is 14.7. The Bertz CT molecular complexity index is 284. The van der Waals surface area contributed by atoms with Gasteiger partial charge in [-0.1, -0.05) is 0 Å². The minimum atomic E-state index is -0.393. The van der Waals surface area contributed by atoms with E-state index in [1.807, 2.05) is 12.3 Å². The number of nitrogens with two attached hydrogens (primary N) is 2. The smallest absolute Gasteiger partial charge is 0.219 e. The van der Waals surface area contributed by atoms with Gasteiger partial charge in [0.1, 0.15) is 5.01 Å². The maximum Gasteiger partial charge on any atom is 0.219 e. The van der Waals surface area contributed by atoms with Gasteiger partial charge in [-0.25, -0.2) is 4.98 Å². The van der Waals surface area contributed by atoms with Crippen molar-refractivity contribution in [1.82, 2.24) is 4.98 Å². The number of carbonyl (C=O) groups is 1. The Morgan fingerprint density at radius 1 is 1.83 bits per heavy atom. The first-order chi connectivity index (χ1) is 5.59. The first kappa shape index (κ1) is 9.15. The largest absolute Gasteiger partial charge is 0.370 e. The standard InChI is InChI=1S/C7H11N3OS/c1-4-3-12-7(10-4)5(8)2-6(9)11/h3,5H,2,8H2,1H3,(H2,9,11)/t5-/m1/s1. The first-order valence-electron chi connectivity index (χ1n) is 3.55. The topological polar surface area (TPSA) is 82.0 Å². The second kappa shape index (κ2) is 3.64. The Kier molecular flexibility index (Phi) is 2.78. The van der Waals surface area contributed by atoms with Crippen LogP contribution in [0.4, 0.5) is 0 Å². The molecular weight excluding hydrogens is 174 g/mol. The fraction of sp³-hybridized carbons (Fsp3) is 0.429. The maximum absolute atomic E-state index is 10.5. The number of nitrogens with zero attached hydrogens (tertiary/aromatic N) is 1. The van der Waals surface area contributed by atoms with Crippen LogP contribution in [-0.2, 0) is 4.79 Å². The van der Waals surface area contributed by atoms with Crippen LogP contribution in [0.15, 0.2) is 5.38 Å². The Hall–Kier alpha value is -0.940. The summed E-state index contributed by atoms with van der Waals surface area (Å²) in [6.45, 7) is 1.89. The normalized spacial score (nSPS) is 12.8. The van der Waals surface area contributed by atoms with Crippen LogP contribution >= 0.6 is 11.3 Å². The zero-order valence-corrected chi connectivity index (χ0v) is 7.60. The zero-order valence-electron chi connectivity index (χ0n) is 6.78. The second-order valence-corrected chi connectivity index (χ2v) is 3.49. The van der Waals surface area contributed by atoms with E-state index in [4.69, 9.17) is 11.5 Å². The van der Waals surface area contributed by atoms with Crippen LogP contribution in [0.5, 0.6) is 0 Å². The number of hydrogen-bond acceptors (Lipinski definition) is 4. The lowest BCUT2D eigenvalue weighted by Crippen LogP contribution is -2.20. The van der Waals surface area contributed by atoms with Crippen molar-refractivity contribution >= 4 is 17.2 Å². The van der Waals surface area contributed by atoms with Crippen LogP contribution in [0.1, 0.15) is 23.2 Å². The molecule has 0 saturated heterocycles. The monoisotopic (exact) mass is 185 g/mol. The molecule has 1 aromatic heterocycles. The molecule has 0 aliphatic carbocycles. The Morgan fingerprint density at radius 3 is 2.92 bits per heavy atom. The third-order valence-corrected chi connectivity index (χ3v) is 2.47. The molecule has 4 nitrogen and oxygen atoms in total. The van der Waals surface area contributed by atoms with Gasteiger partial charge in [-0.2, -0.15) is 0 Å². The molecule has 1 amide bonds. The van der Waals surface area contributed by atoms with Crippen LogP contribution < -0.4 is 11.5 Å². The zero-order chi connectivity index (χ0) is 9.14. The molecule has 0 aliphatic heterocycles. The van der Waals surface area contributed by atoms with Gasteiger partial charge in [-0.15, -0.1) is 11.3 Å². The molecular formula is C7H11N3OS. The summed E-state index contributed by atoms with van der Waals surface area (Å²) < 4.78 is 0. The third kappa shape index (κ3) is 2.28. The predicted octanol–water partition coefficient (Wildman–Crippen LogP) is 0.327. The number of amides is 1. The molecule has 0 spiro atoms. The quantitative estimate of drug-likeness (QED) is 0.711. The molecule has 66 valence electrons. The number of hydrogen-bond donors (Lipinski definition) is 2. The number of thiazole rings is 1. The van der Waals surface area contributed by atoms with Gasteiger partial charge in [-0.05, 0) is 6.92 Å². The van der Waals surface area contributed by atoms with Crippen molar-refractivity contribution in [3.8, 4) is 0 Å². The van der Waals surface area contributed by atoms with E-state index in [9.17, 15) is 4.79 Å². The van der Waals surface area contributed by atoms with Crippen LogP contribution in [0, 0.1) is 6.92 Å². The molecule has 0 unspecified atom stereocenters. The highest BCUT2D eigenvalue weighted by Crippen LogP contribution is 2.17. The molecule has 0 aromatic carbocycles. The number of rotatable bonds is 3. The molecule has 0 fully saturated rings. The SMILES string of the molecule is Cc1csc([C@H](N)CC(N)=O)n1. The summed E-state index contributed by atoms with van der Waals surface area (Å²) >= 11 is 1.46. The third-order valence-electron chi connectivity index (χ3n) is 1.38. The van der Waals surface area contributed by atoms with E-state index < -0.39 is 5.91 Å². The summed E-state index contributed by atoms with van der Waals surface area (Å²) in [5.41, 5.74) is 11.6. The van der Waals surface area contributed by atoms with E-state index in [1.165, 1.54) is 11.3 Å². The summed E-state index contributed by atoms with van der Waals surface area (Å²) in [5, 5.41) is 2.67. The number of primary amides is 1. The fourth-order valence-electron chi connectivity index (χ4n) is 0.847. The van der Waals surface area contributed by atoms with Gasteiger partial charge >= 0.3 is 0 Å². The van der Waals surface area contributed by atoms with Gasteiger partial charge < -0.3 is 11.5 Å². The molecule has 0 saturated carbocycles. The molecule has 0 radical (unpaired) electrons. The average molecular weight is 185 g/mol. The number of carbonyl (C=O) groups excluding carboxylic acids is 1. The lowest BCUT2D eigenvalue weighted by atomic mass is 10.2. The van der Waals surface area contributed by atoms with Crippen molar-refractivity contribution in [2.24, 2.45) is 11.5 Å². The van der Waals surface area contributed by atoms with Gasteiger partial charge in [0.15, 0.2) is 0 Å². The average Bonchev–Trinajstić information content (AvgIpc) is 2.34. The van der Waals surface area contributed by atoms with Crippen LogP contribution in [0.2, 0.25) is 0 Å². The number of aromatic nitrogens is 1. The Morgan fingerprint density at radius 2 is 2.50 bits per heavy atom. The first-order valence-corrected chi connectivity index (χ1v) is 4.43. The molecule has 0 bridgehead atoms. The number of aryl methyl sites for hydroxylation is 1. The highest BCUT2D eigenvalue weighted by molar-refractivity contribution is 7.09. The summed E-state index contributed by atoms with van der Waals surface area (Å²) in [5.74, 6) is -0.393. The van der Waals surface area contributed by atoms with E-state index in [2.05, 4.69) is 4.98 Å². The molecule has 12 heavy (non-hydrogen) atoms. The Labute approximate surface area is 74.6 Å². The summed E-state index contributed by atoms with van der Waals surface area (Å²) in [7, 11) is 0. The van der Waals surface area contributed by atoms with Crippen molar-refractivity contribution in [2.75, 3.05) is 0 Å². The lowest BCUT2D eigenvalue weighted by molar-refractivity contribution is -0.118. The molecule has 0 aliphatic rings. The van der Waals surface area contributed by atoms with Gasteiger partial charge in [0.2, 0.25) is 5.91 Å². The highest BCUT2D eigenvalue weighted by atomic mass is 32.1. The minimum Gasteiger partial charge on any atom is -0.370 e. The van der Waals surface area contributed by atoms with Gasteiger partial charge in [0, 0.05) is 17.5 Å². The van der Waals surface area contributed by atoms with Crippen molar-refractivity contribution in [2.45, 2.75) is 19.4 Å². The Balaban J connectivity index is 2.64. The summed E-state index contributed by atoms with van der Waals surface area (Å²) in [6, 6.07) is -0.346. The van der Waals surface area contributed by atoms with Crippen molar-refractivity contribution in [3.05, 3.63) is 16.1 Å². The van der Waals surface area contributed by atoms with Crippen molar-refractivity contribution < 1.29 is 4.79 Å². The molecule has 4 N–H and O–H groups in total. The fourth-order valence-corrected chi connectivity index (χ4v) is 1.65. The van der Waals surface area contributed by atoms with Crippen LogP contribution in [0.25, 0.3) is 0 Å². The molecule has 1 aromatic rings. The van der Waals surface area contributed by atoms with Crippen molar-refractivity contribution in [1.29, 1.82) is 0 Å². The van der Waals surface area contributed by atoms with E-state index >= 15 is 0 Å². The van der Waals surface area contributed by atoms with E-state index in [1.54, 1.807) is 0 Å². The van der Waals surface area contributed by atoms with E-state index in [0.717, 1.165) is 10.7 Å². The van der Waals surface area contributed by atoms with E-state index in [0.29, 0.717) is 0 Å². The lowest BCUT2D eigenvalue weighted by Gasteiger charge is -2.03. The minimum absolute atomic E-state index is 0.160. The molecule has 1 heterocycles. The van der Waals surface area contributed by atoms with Gasteiger partial charge in [0.05, 0.1) is 6.04 Å².